The average Bonchev–Trinajstić information content (AvgIpc) is 2.27. The van der Waals surface area contributed by atoms with Crippen molar-refractivity contribution >= 4 is 27.2 Å². The van der Waals surface area contributed by atoms with Crippen LogP contribution >= 0.6 is 11.6 Å². The number of hydrogen-bond donors (Lipinski definition) is 0. The number of hydrogen-bond acceptors (Lipinski definition) is 3. The van der Waals surface area contributed by atoms with Crippen LogP contribution in [0.4, 0.5) is 0 Å². The van der Waals surface area contributed by atoms with Crippen LogP contribution in [0.2, 0.25) is 0 Å². The first-order valence-corrected chi connectivity index (χ1v) is 7.03. The zero-order valence-electron chi connectivity index (χ0n) is 9.16. The van der Waals surface area contributed by atoms with Crippen LogP contribution in [0.15, 0.2) is 23.1 Å². The summed E-state index contributed by atoms with van der Waals surface area (Å²) in [6.45, 7) is 3.34. The summed E-state index contributed by atoms with van der Waals surface area (Å²) >= 11 is 5.46. The number of alkyl halides is 1. The number of rotatable bonds is 4. The molecule has 0 heterocycles. The topological polar surface area (TPSA) is 51.2 Å². The number of ketones is 1. The van der Waals surface area contributed by atoms with Crippen LogP contribution in [0, 0.1) is 6.92 Å². The molecule has 0 unspecified atom stereocenters. The van der Waals surface area contributed by atoms with E-state index in [9.17, 15) is 13.2 Å². The van der Waals surface area contributed by atoms with Crippen LogP contribution in [0.25, 0.3) is 0 Å². The Balaban J connectivity index is 3.46. The molecule has 5 heteroatoms. The molecule has 1 aromatic rings. The summed E-state index contributed by atoms with van der Waals surface area (Å²) in [7, 11) is -3.38. The number of carbonyl (C=O) groups is 1. The van der Waals surface area contributed by atoms with Gasteiger partial charge in [-0.2, -0.15) is 0 Å². The lowest BCUT2D eigenvalue weighted by atomic mass is 10.1. The van der Waals surface area contributed by atoms with Crippen molar-refractivity contribution in [1.29, 1.82) is 0 Å². The molecule has 0 N–H and O–H groups in total. The second-order valence-corrected chi connectivity index (χ2v) is 5.97. The third kappa shape index (κ3) is 2.62. The normalized spacial score (nSPS) is 11.4. The molecule has 1 rings (SSSR count). The van der Waals surface area contributed by atoms with E-state index in [4.69, 9.17) is 11.6 Å². The molecule has 0 aliphatic carbocycles. The van der Waals surface area contributed by atoms with Crippen molar-refractivity contribution in [3.8, 4) is 0 Å². The highest BCUT2D eigenvalue weighted by Crippen LogP contribution is 2.19. The minimum atomic E-state index is -3.38. The van der Waals surface area contributed by atoms with Gasteiger partial charge in [0.25, 0.3) is 0 Å². The molecule has 0 aliphatic heterocycles. The molecule has 1 aromatic carbocycles. The van der Waals surface area contributed by atoms with Gasteiger partial charge in [0.05, 0.1) is 16.5 Å². The molecule has 0 spiro atoms. The van der Waals surface area contributed by atoms with Crippen molar-refractivity contribution in [3.05, 3.63) is 29.3 Å². The lowest BCUT2D eigenvalue weighted by Gasteiger charge is -2.08. The third-order valence-corrected chi connectivity index (χ3v) is 4.30. The molecule has 0 saturated heterocycles. The number of aryl methyl sites for hydroxylation is 1. The molecule has 0 amide bonds. The van der Waals surface area contributed by atoms with E-state index in [1.54, 1.807) is 26.0 Å². The second kappa shape index (κ2) is 4.97. The molecule has 0 saturated carbocycles. The second-order valence-electron chi connectivity index (χ2n) is 3.46. The molecule has 88 valence electrons. The van der Waals surface area contributed by atoms with E-state index in [-0.39, 0.29) is 27.9 Å². The predicted octanol–water partition coefficient (Wildman–Crippen LogP) is 2.21. The molecular formula is C11H13ClO3S. The smallest absolute Gasteiger partial charge is 0.178 e. The van der Waals surface area contributed by atoms with Crippen molar-refractivity contribution in [3.63, 3.8) is 0 Å². The Morgan fingerprint density at radius 2 is 2.00 bits per heavy atom. The molecule has 0 aliphatic rings. The Morgan fingerprint density at radius 3 is 2.50 bits per heavy atom. The summed E-state index contributed by atoms with van der Waals surface area (Å²) in [5, 5.41) is 0. The Labute approximate surface area is 100 Å². The minimum absolute atomic E-state index is 0.0291. The van der Waals surface area contributed by atoms with Gasteiger partial charge in [-0.3, -0.25) is 4.79 Å². The van der Waals surface area contributed by atoms with Crippen LogP contribution in [0.5, 0.6) is 0 Å². The van der Waals surface area contributed by atoms with Crippen LogP contribution < -0.4 is 0 Å². The minimum Gasteiger partial charge on any atom is -0.293 e. The van der Waals surface area contributed by atoms with Crippen molar-refractivity contribution in [2.75, 3.05) is 11.6 Å². The van der Waals surface area contributed by atoms with E-state index >= 15 is 0 Å². The van der Waals surface area contributed by atoms with Gasteiger partial charge < -0.3 is 0 Å². The highest BCUT2D eigenvalue weighted by atomic mass is 35.5. The lowest BCUT2D eigenvalue weighted by Crippen LogP contribution is -2.12. The fraction of sp³-hybridized carbons (Fsp3) is 0.364. The molecule has 0 aromatic heterocycles. The molecular weight excluding hydrogens is 248 g/mol. The van der Waals surface area contributed by atoms with Gasteiger partial charge >= 0.3 is 0 Å². The maximum absolute atomic E-state index is 11.8. The summed E-state index contributed by atoms with van der Waals surface area (Å²) in [5.41, 5.74) is 1.03. The molecule has 16 heavy (non-hydrogen) atoms. The number of halogens is 1. The number of carbonyl (C=O) groups excluding carboxylic acids is 1. The monoisotopic (exact) mass is 260 g/mol. The van der Waals surface area contributed by atoms with Gasteiger partial charge in [0.2, 0.25) is 0 Å². The van der Waals surface area contributed by atoms with Crippen molar-refractivity contribution in [2.24, 2.45) is 0 Å². The van der Waals surface area contributed by atoms with Gasteiger partial charge in [0.1, 0.15) is 0 Å². The van der Waals surface area contributed by atoms with E-state index in [0.29, 0.717) is 0 Å². The fourth-order valence-corrected chi connectivity index (χ4v) is 2.60. The zero-order valence-corrected chi connectivity index (χ0v) is 10.7. The largest absolute Gasteiger partial charge is 0.293 e. The van der Waals surface area contributed by atoms with E-state index < -0.39 is 9.84 Å². The molecule has 3 nitrogen and oxygen atoms in total. The first-order valence-electron chi connectivity index (χ1n) is 4.85. The predicted molar refractivity (Wildman–Crippen MR) is 64.0 cm³/mol. The number of benzene rings is 1. The van der Waals surface area contributed by atoms with Crippen molar-refractivity contribution < 1.29 is 13.2 Å². The van der Waals surface area contributed by atoms with Crippen LogP contribution in [0.3, 0.4) is 0 Å². The Hall–Kier alpha value is -0.870. The summed E-state index contributed by atoms with van der Waals surface area (Å²) in [6, 6.07) is 4.70. The van der Waals surface area contributed by atoms with E-state index in [1.807, 2.05) is 0 Å². The van der Waals surface area contributed by atoms with Gasteiger partial charge in [-0.1, -0.05) is 18.6 Å². The van der Waals surface area contributed by atoms with Crippen molar-refractivity contribution in [2.45, 2.75) is 18.7 Å². The molecule has 0 fully saturated rings. The first kappa shape index (κ1) is 13.2. The number of Topliss-reactive ketones (excluding diaryl/α,β-unsaturated/α-hetero) is 1. The van der Waals surface area contributed by atoms with Crippen LogP contribution in [-0.2, 0) is 9.84 Å². The van der Waals surface area contributed by atoms with Gasteiger partial charge in [0, 0.05) is 5.56 Å². The highest BCUT2D eigenvalue weighted by molar-refractivity contribution is 7.91. The summed E-state index contributed by atoms with van der Waals surface area (Å²) < 4.78 is 23.5. The quantitative estimate of drug-likeness (QED) is 0.616. The van der Waals surface area contributed by atoms with Gasteiger partial charge in [-0.25, -0.2) is 8.42 Å². The number of sulfone groups is 1. The Morgan fingerprint density at radius 1 is 1.38 bits per heavy atom. The highest BCUT2D eigenvalue weighted by Gasteiger charge is 2.20. The van der Waals surface area contributed by atoms with Gasteiger partial charge in [0.15, 0.2) is 15.6 Å². The SMILES string of the molecule is CCS(=O)(=O)c1ccc(C)cc1C(=O)CCl. The Bertz CT molecular complexity index is 506. The van der Waals surface area contributed by atoms with E-state index in [0.717, 1.165) is 5.56 Å². The fourth-order valence-electron chi connectivity index (χ4n) is 1.36. The summed E-state index contributed by atoms with van der Waals surface area (Å²) in [6.07, 6.45) is 0. The van der Waals surface area contributed by atoms with Gasteiger partial charge in [-0.05, 0) is 19.1 Å². The standard InChI is InChI=1S/C11H13ClO3S/c1-3-16(14,15)11-5-4-8(2)6-9(11)10(13)7-12/h4-6H,3,7H2,1-2H3. The maximum Gasteiger partial charge on any atom is 0.178 e. The van der Waals surface area contributed by atoms with Gasteiger partial charge in [-0.15, -0.1) is 11.6 Å². The third-order valence-electron chi connectivity index (χ3n) is 2.27. The summed E-state index contributed by atoms with van der Waals surface area (Å²) in [5.74, 6) is -0.605. The molecule has 0 atom stereocenters. The van der Waals surface area contributed by atoms with E-state index in [1.165, 1.54) is 6.07 Å². The molecule has 0 radical (unpaired) electrons. The summed E-state index contributed by atoms with van der Waals surface area (Å²) in [4.78, 5) is 11.6. The Kier molecular flexibility index (Phi) is 4.10. The average molecular weight is 261 g/mol. The maximum atomic E-state index is 11.8. The molecule has 0 bridgehead atoms. The zero-order chi connectivity index (χ0) is 12.3. The van der Waals surface area contributed by atoms with Crippen LogP contribution in [-0.4, -0.2) is 25.8 Å². The van der Waals surface area contributed by atoms with Crippen LogP contribution in [0.1, 0.15) is 22.8 Å². The van der Waals surface area contributed by atoms with E-state index in [2.05, 4.69) is 0 Å². The first-order chi connectivity index (χ1) is 7.42. The lowest BCUT2D eigenvalue weighted by molar-refractivity contribution is 0.101. The van der Waals surface area contributed by atoms with Crippen molar-refractivity contribution in [1.82, 2.24) is 0 Å².